The quantitative estimate of drug-likeness (QED) is 0.213. The van der Waals surface area contributed by atoms with E-state index in [1.807, 2.05) is 72.8 Å². The molecule has 4 aromatic carbocycles. The summed E-state index contributed by atoms with van der Waals surface area (Å²) in [5.41, 5.74) is 3.81. The van der Waals surface area contributed by atoms with Crippen molar-refractivity contribution in [3.05, 3.63) is 84.9 Å². The van der Waals surface area contributed by atoms with Gasteiger partial charge in [0.05, 0.1) is 60.0 Å². The van der Waals surface area contributed by atoms with Crippen molar-refractivity contribution in [3.63, 3.8) is 0 Å². The number of methoxy groups -OCH3 is 4. The summed E-state index contributed by atoms with van der Waals surface area (Å²) in [6, 6.07) is 27.7. The third-order valence-electron chi connectivity index (χ3n) is 5.87. The van der Waals surface area contributed by atoms with Gasteiger partial charge < -0.3 is 18.9 Å². The lowest BCUT2D eigenvalue weighted by molar-refractivity contribution is 0.397. The van der Waals surface area contributed by atoms with Gasteiger partial charge in [0.15, 0.2) is 0 Å². The molecule has 0 N–H and O–H groups in total. The van der Waals surface area contributed by atoms with Gasteiger partial charge in [0, 0.05) is 0 Å². The van der Waals surface area contributed by atoms with Crippen LogP contribution in [0.15, 0.2) is 84.9 Å². The van der Waals surface area contributed by atoms with Gasteiger partial charge in [-0.05, 0) is 48.5 Å². The van der Waals surface area contributed by atoms with Gasteiger partial charge in [-0.25, -0.2) is 9.97 Å². The van der Waals surface area contributed by atoms with Gasteiger partial charge >= 0.3 is 0 Å². The average molecular weight is 543 g/mol. The van der Waals surface area contributed by atoms with Crippen LogP contribution in [-0.2, 0) is 0 Å². The highest BCUT2D eigenvalue weighted by molar-refractivity contribution is 7.22. The van der Waals surface area contributed by atoms with Gasteiger partial charge in [0.1, 0.15) is 33.0 Å². The summed E-state index contributed by atoms with van der Waals surface area (Å²) < 4.78 is 24.0. The molecular weight excluding hydrogens is 516 g/mol. The molecule has 0 fully saturated rings. The van der Waals surface area contributed by atoms with Crippen molar-refractivity contribution in [3.8, 4) is 44.1 Å². The summed E-state index contributed by atoms with van der Waals surface area (Å²) >= 11 is 3.28. The highest BCUT2D eigenvalue weighted by Crippen LogP contribution is 2.42. The highest BCUT2D eigenvalue weighted by Gasteiger charge is 2.17. The average Bonchev–Trinajstić information content (AvgIpc) is 3.60. The number of hydrogen-bond acceptors (Lipinski definition) is 8. The molecule has 0 aliphatic rings. The SMILES string of the molecule is COc1cccc(OC)c1-c1nc2ccccc2s1.COc1cccc(OC)c1-c1nc2ccccc2s1. The molecule has 0 saturated carbocycles. The Kier molecular flexibility index (Phi) is 7.72. The van der Waals surface area contributed by atoms with Crippen molar-refractivity contribution in [2.45, 2.75) is 0 Å². The number of aromatic nitrogens is 2. The first-order valence-electron chi connectivity index (χ1n) is 11.8. The Labute approximate surface area is 229 Å². The van der Waals surface area contributed by atoms with Crippen LogP contribution in [0, 0.1) is 0 Å². The third-order valence-corrected chi connectivity index (χ3v) is 7.98. The van der Waals surface area contributed by atoms with Crippen molar-refractivity contribution < 1.29 is 18.9 Å². The molecule has 0 amide bonds. The van der Waals surface area contributed by atoms with Gasteiger partial charge in [-0.2, -0.15) is 0 Å². The number of fused-ring (bicyclic) bond motifs is 2. The van der Waals surface area contributed by atoms with E-state index in [1.165, 1.54) is 0 Å². The summed E-state index contributed by atoms with van der Waals surface area (Å²) in [6.45, 7) is 0. The second kappa shape index (κ2) is 11.5. The predicted molar refractivity (Wildman–Crippen MR) is 156 cm³/mol. The monoisotopic (exact) mass is 542 g/mol. The maximum atomic E-state index is 5.42. The molecule has 6 nitrogen and oxygen atoms in total. The Hall–Kier alpha value is -4.14. The molecule has 0 bridgehead atoms. The first-order valence-corrected chi connectivity index (χ1v) is 13.4. The van der Waals surface area contributed by atoms with E-state index in [0.717, 1.165) is 64.6 Å². The van der Waals surface area contributed by atoms with Gasteiger partial charge in [0.25, 0.3) is 0 Å². The second-order valence-corrected chi connectivity index (χ2v) is 10.1. The lowest BCUT2D eigenvalue weighted by Crippen LogP contribution is -1.92. The normalized spacial score (nSPS) is 10.6. The minimum atomic E-state index is 0.776. The molecule has 6 rings (SSSR count). The van der Waals surface area contributed by atoms with Crippen LogP contribution in [0.1, 0.15) is 0 Å². The fraction of sp³-hybridized carbons (Fsp3) is 0.133. The molecular formula is C30H26N2O4S2. The standard InChI is InChI=1S/2C15H13NO2S/c2*1-17-11-7-5-8-12(18-2)14(11)15-16-10-6-3-4-9-13(10)19-15/h2*3-9H,1-2H3. The van der Waals surface area contributed by atoms with Crippen LogP contribution in [0.4, 0.5) is 0 Å². The minimum Gasteiger partial charge on any atom is -0.496 e. The third kappa shape index (κ3) is 5.01. The maximum Gasteiger partial charge on any atom is 0.132 e. The summed E-state index contributed by atoms with van der Waals surface area (Å²) in [4.78, 5) is 9.32. The van der Waals surface area contributed by atoms with Crippen molar-refractivity contribution in [2.75, 3.05) is 28.4 Å². The zero-order valence-electron chi connectivity index (χ0n) is 21.4. The zero-order chi connectivity index (χ0) is 26.5. The molecule has 2 heterocycles. The number of benzene rings is 4. The fourth-order valence-electron chi connectivity index (χ4n) is 4.08. The van der Waals surface area contributed by atoms with Gasteiger partial charge in [-0.1, -0.05) is 36.4 Å². The van der Waals surface area contributed by atoms with E-state index in [9.17, 15) is 0 Å². The second-order valence-electron chi connectivity index (χ2n) is 8.05. The van der Waals surface area contributed by atoms with Gasteiger partial charge in [-0.15, -0.1) is 22.7 Å². The molecule has 6 aromatic rings. The van der Waals surface area contributed by atoms with Crippen molar-refractivity contribution in [1.29, 1.82) is 0 Å². The maximum absolute atomic E-state index is 5.42. The predicted octanol–water partition coefficient (Wildman–Crippen LogP) is 7.96. The Morgan fingerprint density at radius 3 is 1.11 bits per heavy atom. The molecule has 0 radical (unpaired) electrons. The van der Waals surface area contributed by atoms with E-state index in [0.29, 0.717) is 0 Å². The Morgan fingerprint density at radius 1 is 0.447 bits per heavy atom. The number of rotatable bonds is 6. The van der Waals surface area contributed by atoms with Crippen molar-refractivity contribution in [1.82, 2.24) is 9.97 Å². The Morgan fingerprint density at radius 2 is 0.789 bits per heavy atom. The van der Waals surface area contributed by atoms with Crippen LogP contribution in [0.3, 0.4) is 0 Å². The van der Waals surface area contributed by atoms with Gasteiger partial charge in [-0.3, -0.25) is 0 Å². The summed E-state index contributed by atoms with van der Waals surface area (Å²) in [6.07, 6.45) is 0. The molecule has 0 atom stereocenters. The molecule has 0 unspecified atom stereocenters. The molecule has 2 aromatic heterocycles. The molecule has 38 heavy (non-hydrogen) atoms. The van der Waals surface area contributed by atoms with Crippen molar-refractivity contribution >= 4 is 43.1 Å². The molecule has 0 spiro atoms. The van der Waals surface area contributed by atoms with Crippen LogP contribution in [-0.4, -0.2) is 38.4 Å². The highest BCUT2D eigenvalue weighted by atomic mass is 32.1. The van der Waals surface area contributed by atoms with E-state index in [2.05, 4.69) is 22.1 Å². The molecule has 0 saturated heterocycles. The lowest BCUT2D eigenvalue weighted by Gasteiger charge is -2.10. The number of thiazole rings is 2. The van der Waals surface area contributed by atoms with Crippen LogP contribution in [0.2, 0.25) is 0 Å². The summed E-state index contributed by atoms with van der Waals surface area (Å²) in [5, 5.41) is 1.83. The van der Waals surface area contributed by atoms with E-state index in [-0.39, 0.29) is 0 Å². The number of nitrogens with zero attached hydrogens (tertiary/aromatic N) is 2. The van der Waals surface area contributed by atoms with Crippen molar-refractivity contribution in [2.24, 2.45) is 0 Å². The first kappa shape index (κ1) is 25.5. The Bertz CT molecular complexity index is 1460. The van der Waals surface area contributed by atoms with E-state index in [1.54, 1.807) is 51.1 Å². The fourth-order valence-corrected chi connectivity index (χ4v) is 6.12. The van der Waals surface area contributed by atoms with E-state index in [4.69, 9.17) is 18.9 Å². The minimum absolute atomic E-state index is 0.776. The van der Waals surface area contributed by atoms with Crippen LogP contribution < -0.4 is 18.9 Å². The van der Waals surface area contributed by atoms with Crippen LogP contribution in [0.5, 0.6) is 23.0 Å². The zero-order valence-corrected chi connectivity index (χ0v) is 23.1. The number of ether oxygens (including phenoxy) is 4. The largest absolute Gasteiger partial charge is 0.496 e. The van der Waals surface area contributed by atoms with E-state index < -0.39 is 0 Å². The number of hydrogen-bond donors (Lipinski definition) is 0. The molecule has 8 heteroatoms. The lowest BCUT2D eigenvalue weighted by atomic mass is 10.2. The Balaban J connectivity index is 0.000000155. The van der Waals surface area contributed by atoms with Gasteiger partial charge in [0.2, 0.25) is 0 Å². The smallest absolute Gasteiger partial charge is 0.132 e. The van der Waals surface area contributed by atoms with E-state index >= 15 is 0 Å². The first-order chi connectivity index (χ1) is 18.7. The summed E-state index contributed by atoms with van der Waals surface area (Å²) in [5.74, 6) is 3.11. The number of para-hydroxylation sites is 2. The van der Waals surface area contributed by atoms with Crippen LogP contribution >= 0.6 is 22.7 Å². The molecule has 192 valence electrons. The molecule has 0 aliphatic carbocycles. The molecule has 0 aliphatic heterocycles. The summed E-state index contributed by atoms with van der Waals surface area (Å²) in [7, 11) is 6.63. The topological polar surface area (TPSA) is 62.7 Å². The van der Waals surface area contributed by atoms with Crippen LogP contribution in [0.25, 0.3) is 41.6 Å².